The average molecular weight is 253 g/mol. The highest BCUT2D eigenvalue weighted by atomic mass is 14.7. The van der Waals surface area contributed by atoms with Crippen molar-refractivity contribution in [1.82, 2.24) is 0 Å². The van der Waals surface area contributed by atoms with Gasteiger partial charge in [-0.2, -0.15) is 0 Å². The highest BCUT2D eigenvalue weighted by Crippen LogP contribution is 2.34. The van der Waals surface area contributed by atoms with Crippen molar-refractivity contribution in [2.45, 2.75) is 103 Å². The summed E-state index contributed by atoms with van der Waals surface area (Å²) in [5.74, 6) is 0.973. The van der Waals surface area contributed by atoms with Gasteiger partial charge in [0.05, 0.1) is 0 Å². The van der Waals surface area contributed by atoms with Crippen LogP contribution in [0.4, 0.5) is 0 Å². The molecule has 18 heavy (non-hydrogen) atoms. The van der Waals surface area contributed by atoms with Gasteiger partial charge < -0.3 is 5.73 Å². The Morgan fingerprint density at radius 3 is 2.44 bits per heavy atom. The fourth-order valence-electron chi connectivity index (χ4n) is 3.53. The molecule has 2 unspecified atom stereocenters. The van der Waals surface area contributed by atoms with Crippen molar-refractivity contribution in [2.24, 2.45) is 11.7 Å². The number of nitrogens with two attached hydrogens (primary N) is 1. The molecule has 0 aromatic carbocycles. The first-order chi connectivity index (χ1) is 8.70. The fraction of sp³-hybridized carbons (Fsp3) is 1.00. The molecular formula is C17H35N. The van der Waals surface area contributed by atoms with Crippen LogP contribution in [0.25, 0.3) is 0 Å². The molecule has 0 saturated heterocycles. The van der Waals surface area contributed by atoms with Crippen LogP contribution < -0.4 is 5.73 Å². The van der Waals surface area contributed by atoms with E-state index >= 15 is 0 Å². The first kappa shape index (κ1) is 16.0. The lowest BCUT2D eigenvalue weighted by Gasteiger charge is -2.28. The zero-order chi connectivity index (χ0) is 13.3. The minimum Gasteiger partial charge on any atom is -0.325 e. The van der Waals surface area contributed by atoms with Crippen molar-refractivity contribution >= 4 is 0 Å². The van der Waals surface area contributed by atoms with Crippen molar-refractivity contribution in [3.05, 3.63) is 0 Å². The van der Waals surface area contributed by atoms with Crippen LogP contribution in [0.5, 0.6) is 0 Å². The molecule has 1 fully saturated rings. The van der Waals surface area contributed by atoms with Gasteiger partial charge >= 0.3 is 0 Å². The van der Waals surface area contributed by atoms with Crippen molar-refractivity contribution in [3.63, 3.8) is 0 Å². The minimum atomic E-state index is 0.189. The van der Waals surface area contributed by atoms with Gasteiger partial charge in [-0.1, -0.05) is 71.6 Å². The van der Waals surface area contributed by atoms with Gasteiger partial charge in [0.25, 0.3) is 0 Å². The Morgan fingerprint density at radius 1 is 0.944 bits per heavy atom. The summed E-state index contributed by atoms with van der Waals surface area (Å²) in [5.41, 5.74) is 6.82. The van der Waals surface area contributed by atoms with Crippen molar-refractivity contribution < 1.29 is 0 Å². The third-order valence-corrected chi connectivity index (χ3v) is 4.81. The predicted octanol–water partition coefficient (Wildman–Crippen LogP) is 5.42. The molecule has 0 aliphatic heterocycles. The summed E-state index contributed by atoms with van der Waals surface area (Å²) < 4.78 is 0. The Balaban J connectivity index is 2.21. The molecular weight excluding hydrogens is 218 g/mol. The van der Waals surface area contributed by atoms with Gasteiger partial charge in [0, 0.05) is 5.54 Å². The lowest BCUT2D eigenvalue weighted by Crippen LogP contribution is -2.39. The van der Waals surface area contributed by atoms with Gasteiger partial charge in [0.1, 0.15) is 0 Å². The molecule has 1 aliphatic rings. The summed E-state index contributed by atoms with van der Waals surface area (Å²) in [6.07, 6.45) is 17.7. The fourth-order valence-corrected chi connectivity index (χ4v) is 3.53. The van der Waals surface area contributed by atoms with Crippen LogP contribution in [0.3, 0.4) is 0 Å². The summed E-state index contributed by atoms with van der Waals surface area (Å²) in [4.78, 5) is 0. The molecule has 2 N–H and O–H groups in total. The van der Waals surface area contributed by atoms with Crippen molar-refractivity contribution in [3.8, 4) is 0 Å². The van der Waals surface area contributed by atoms with E-state index in [0.29, 0.717) is 0 Å². The Bertz CT molecular complexity index is 202. The van der Waals surface area contributed by atoms with Crippen LogP contribution in [0.15, 0.2) is 0 Å². The summed E-state index contributed by atoms with van der Waals surface area (Å²) in [7, 11) is 0. The van der Waals surface area contributed by atoms with Gasteiger partial charge in [-0.25, -0.2) is 0 Å². The molecule has 2 atom stereocenters. The van der Waals surface area contributed by atoms with Gasteiger partial charge in [0.2, 0.25) is 0 Å². The first-order valence-electron chi connectivity index (χ1n) is 8.49. The lowest BCUT2D eigenvalue weighted by atomic mass is 9.85. The minimum absolute atomic E-state index is 0.189. The topological polar surface area (TPSA) is 26.0 Å². The van der Waals surface area contributed by atoms with E-state index in [9.17, 15) is 0 Å². The molecule has 1 nitrogen and oxygen atoms in total. The summed E-state index contributed by atoms with van der Waals surface area (Å²) >= 11 is 0. The third-order valence-electron chi connectivity index (χ3n) is 4.81. The molecule has 1 saturated carbocycles. The Hall–Kier alpha value is -0.0400. The zero-order valence-corrected chi connectivity index (χ0v) is 12.8. The van der Waals surface area contributed by atoms with Gasteiger partial charge in [0.15, 0.2) is 0 Å². The van der Waals surface area contributed by atoms with E-state index in [1.807, 2.05) is 0 Å². The normalized spacial score (nSPS) is 29.2. The Kier molecular flexibility index (Phi) is 7.97. The quantitative estimate of drug-likeness (QED) is 0.453. The van der Waals surface area contributed by atoms with Gasteiger partial charge in [-0.15, -0.1) is 0 Å². The smallest absolute Gasteiger partial charge is 0.0154 e. The highest BCUT2D eigenvalue weighted by Gasteiger charge is 2.28. The largest absolute Gasteiger partial charge is 0.325 e. The second-order valence-electron chi connectivity index (χ2n) is 6.61. The molecule has 0 amide bonds. The maximum atomic E-state index is 6.63. The summed E-state index contributed by atoms with van der Waals surface area (Å²) in [6.45, 7) is 4.60. The van der Waals surface area contributed by atoms with Crippen LogP contribution >= 0.6 is 0 Å². The number of rotatable bonds is 8. The average Bonchev–Trinajstić information content (AvgIpc) is 2.53. The third kappa shape index (κ3) is 6.22. The Labute approximate surface area is 115 Å². The monoisotopic (exact) mass is 253 g/mol. The number of unbranched alkanes of at least 4 members (excludes halogenated alkanes) is 4. The molecule has 1 rings (SSSR count). The van der Waals surface area contributed by atoms with E-state index in [1.165, 1.54) is 83.5 Å². The molecule has 1 heteroatoms. The number of hydrogen-bond donors (Lipinski definition) is 1. The zero-order valence-electron chi connectivity index (χ0n) is 12.8. The van der Waals surface area contributed by atoms with Crippen molar-refractivity contribution in [1.29, 1.82) is 0 Å². The van der Waals surface area contributed by atoms with E-state index in [2.05, 4.69) is 13.8 Å². The molecule has 0 aromatic heterocycles. The highest BCUT2D eigenvalue weighted by molar-refractivity contribution is 4.87. The standard InChI is InChI=1S/C17H35N/c1-3-5-6-7-8-13-17(18)14-9-11-16(10-4-2)12-15-17/h16H,3-15,18H2,1-2H3. The van der Waals surface area contributed by atoms with E-state index < -0.39 is 0 Å². The van der Waals surface area contributed by atoms with Crippen LogP contribution in [-0.2, 0) is 0 Å². The van der Waals surface area contributed by atoms with E-state index in [-0.39, 0.29) is 5.54 Å². The molecule has 0 radical (unpaired) electrons. The first-order valence-corrected chi connectivity index (χ1v) is 8.49. The van der Waals surface area contributed by atoms with Gasteiger partial charge in [-0.05, 0) is 31.6 Å². The maximum absolute atomic E-state index is 6.63. The second kappa shape index (κ2) is 8.96. The van der Waals surface area contributed by atoms with E-state index in [1.54, 1.807) is 0 Å². The molecule has 108 valence electrons. The lowest BCUT2D eigenvalue weighted by molar-refractivity contribution is 0.323. The molecule has 0 spiro atoms. The second-order valence-corrected chi connectivity index (χ2v) is 6.61. The maximum Gasteiger partial charge on any atom is 0.0154 e. The SMILES string of the molecule is CCCCCCCC1(N)CCCC(CCC)CC1. The van der Waals surface area contributed by atoms with Crippen molar-refractivity contribution in [2.75, 3.05) is 0 Å². The van der Waals surface area contributed by atoms with Crippen LogP contribution in [0.1, 0.15) is 97.3 Å². The van der Waals surface area contributed by atoms with E-state index in [4.69, 9.17) is 5.73 Å². The van der Waals surface area contributed by atoms with Crippen LogP contribution in [0, 0.1) is 5.92 Å². The molecule has 0 aromatic rings. The number of hydrogen-bond acceptors (Lipinski definition) is 1. The van der Waals surface area contributed by atoms with Crippen LogP contribution in [0.2, 0.25) is 0 Å². The predicted molar refractivity (Wildman–Crippen MR) is 81.8 cm³/mol. The summed E-state index contributed by atoms with van der Waals surface area (Å²) in [5, 5.41) is 0. The van der Waals surface area contributed by atoms with Gasteiger partial charge in [-0.3, -0.25) is 0 Å². The Morgan fingerprint density at radius 2 is 1.72 bits per heavy atom. The molecule has 1 aliphatic carbocycles. The molecule has 0 bridgehead atoms. The summed E-state index contributed by atoms with van der Waals surface area (Å²) in [6, 6.07) is 0. The van der Waals surface area contributed by atoms with Crippen LogP contribution in [-0.4, -0.2) is 5.54 Å². The van der Waals surface area contributed by atoms with E-state index in [0.717, 1.165) is 5.92 Å². The molecule has 0 heterocycles.